The quantitative estimate of drug-likeness (QED) is 0.417. The highest BCUT2D eigenvalue weighted by atomic mass is 35.6. The van der Waals surface area contributed by atoms with E-state index in [-0.39, 0.29) is 15.7 Å². The SMILES string of the molecule is Cc1ccc(S(=O)(=O)N[C@H](NC(=O)COc2ccc(Cl)cc2Cl)C(Cl)(Cl)Cl)cc1. The molecule has 0 saturated carbocycles. The van der Waals surface area contributed by atoms with Crippen LogP contribution in [0.1, 0.15) is 5.56 Å². The van der Waals surface area contributed by atoms with E-state index in [4.69, 9.17) is 62.7 Å². The second-order valence-corrected chi connectivity index (χ2v) is 10.8. The molecule has 2 N–H and O–H groups in total. The fourth-order valence-electron chi connectivity index (χ4n) is 2.06. The number of aryl methyl sites for hydroxylation is 1. The Balaban J connectivity index is 2.08. The zero-order chi connectivity index (χ0) is 21.8. The zero-order valence-corrected chi connectivity index (χ0v) is 19.4. The summed E-state index contributed by atoms with van der Waals surface area (Å²) in [4.78, 5) is 12.1. The molecule has 6 nitrogen and oxygen atoms in total. The number of nitrogens with one attached hydrogen (secondary N) is 2. The Morgan fingerprint density at radius 3 is 2.28 bits per heavy atom. The standard InChI is InChI=1S/C17H15Cl5N2O4S/c1-10-2-5-12(6-3-10)29(26,27)24-16(17(20,21)22)23-15(25)9-28-14-7-4-11(18)8-13(14)19/h2-8,16,24H,9H2,1H3,(H,23,25)/t16-/m0/s1. The topological polar surface area (TPSA) is 84.5 Å². The number of amides is 1. The molecule has 1 amide bonds. The maximum Gasteiger partial charge on any atom is 0.259 e. The molecule has 12 heteroatoms. The van der Waals surface area contributed by atoms with Crippen molar-refractivity contribution in [3.05, 3.63) is 58.1 Å². The van der Waals surface area contributed by atoms with Crippen molar-refractivity contribution in [1.29, 1.82) is 0 Å². The Labute approximate surface area is 193 Å². The summed E-state index contributed by atoms with van der Waals surface area (Å²) in [5.41, 5.74) is 0.869. The summed E-state index contributed by atoms with van der Waals surface area (Å²) in [5, 5.41) is 2.87. The number of benzene rings is 2. The van der Waals surface area contributed by atoms with E-state index in [0.29, 0.717) is 5.02 Å². The normalized spacial score (nSPS) is 13.0. The van der Waals surface area contributed by atoms with Gasteiger partial charge in [0.15, 0.2) is 6.61 Å². The van der Waals surface area contributed by atoms with Gasteiger partial charge in [0.05, 0.1) is 9.92 Å². The molecule has 1 atom stereocenters. The number of carbonyl (C=O) groups is 1. The molecule has 0 aliphatic rings. The van der Waals surface area contributed by atoms with Crippen LogP contribution < -0.4 is 14.8 Å². The maximum absolute atomic E-state index is 12.5. The van der Waals surface area contributed by atoms with Gasteiger partial charge in [0.25, 0.3) is 5.91 Å². The third-order valence-electron chi connectivity index (χ3n) is 3.49. The molecule has 0 unspecified atom stereocenters. The first-order valence-corrected chi connectivity index (χ1v) is 11.3. The molecule has 29 heavy (non-hydrogen) atoms. The number of ether oxygens (including phenoxy) is 1. The molecular weight excluding hydrogens is 506 g/mol. The van der Waals surface area contributed by atoms with E-state index in [2.05, 4.69) is 10.0 Å². The van der Waals surface area contributed by atoms with E-state index in [1.807, 2.05) is 0 Å². The predicted octanol–water partition coefficient (Wildman–Crippen LogP) is 4.47. The van der Waals surface area contributed by atoms with Crippen molar-refractivity contribution < 1.29 is 17.9 Å². The number of rotatable bonds is 7. The summed E-state index contributed by atoms with van der Waals surface area (Å²) >= 11 is 29.3. The summed E-state index contributed by atoms with van der Waals surface area (Å²) in [7, 11) is -4.08. The first-order valence-electron chi connectivity index (χ1n) is 7.91. The van der Waals surface area contributed by atoms with Gasteiger partial charge in [0, 0.05) is 5.02 Å². The van der Waals surface area contributed by atoms with E-state index in [0.717, 1.165) is 5.56 Å². The molecule has 0 radical (unpaired) electrons. The van der Waals surface area contributed by atoms with E-state index in [1.165, 1.54) is 30.3 Å². The van der Waals surface area contributed by atoms with Gasteiger partial charge in [0.1, 0.15) is 11.9 Å². The highest BCUT2D eigenvalue weighted by Crippen LogP contribution is 2.30. The molecule has 0 aliphatic carbocycles. The summed E-state index contributed by atoms with van der Waals surface area (Å²) < 4.78 is 30.3. The van der Waals surface area contributed by atoms with E-state index in [9.17, 15) is 13.2 Å². The van der Waals surface area contributed by atoms with Crippen LogP contribution in [0.4, 0.5) is 0 Å². The number of alkyl halides is 3. The van der Waals surface area contributed by atoms with Crippen LogP contribution in [-0.4, -0.2) is 30.9 Å². The molecule has 2 aromatic rings. The third kappa shape index (κ3) is 7.36. The lowest BCUT2D eigenvalue weighted by Crippen LogP contribution is -2.56. The summed E-state index contributed by atoms with van der Waals surface area (Å²) in [5.74, 6) is -0.546. The first-order chi connectivity index (χ1) is 13.4. The van der Waals surface area contributed by atoms with Crippen molar-refractivity contribution in [1.82, 2.24) is 10.0 Å². The van der Waals surface area contributed by atoms with Crippen molar-refractivity contribution in [3.63, 3.8) is 0 Å². The minimum Gasteiger partial charge on any atom is -0.482 e. The lowest BCUT2D eigenvalue weighted by molar-refractivity contribution is -0.123. The molecule has 2 rings (SSSR count). The largest absolute Gasteiger partial charge is 0.482 e. The minimum atomic E-state index is -4.08. The molecule has 0 aromatic heterocycles. The Hall–Kier alpha value is -0.930. The second-order valence-electron chi connectivity index (χ2n) is 5.84. The lowest BCUT2D eigenvalue weighted by Gasteiger charge is -2.26. The molecule has 0 bridgehead atoms. The van der Waals surface area contributed by atoms with Crippen molar-refractivity contribution >= 4 is 73.9 Å². The van der Waals surface area contributed by atoms with Crippen LogP contribution in [0, 0.1) is 6.92 Å². The van der Waals surface area contributed by atoms with Gasteiger partial charge in [-0.2, -0.15) is 4.72 Å². The van der Waals surface area contributed by atoms with Crippen LogP contribution in [0.15, 0.2) is 47.4 Å². The van der Waals surface area contributed by atoms with Crippen molar-refractivity contribution in [2.45, 2.75) is 21.8 Å². The Kier molecular flexibility index (Phi) is 8.32. The molecule has 0 aliphatic heterocycles. The number of carbonyl (C=O) groups excluding carboxylic acids is 1. The molecule has 158 valence electrons. The van der Waals surface area contributed by atoms with E-state index in [1.54, 1.807) is 19.1 Å². The fraction of sp³-hybridized carbons (Fsp3) is 0.235. The lowest BCUT2D eigenvalue weighted by atomic mass is 10.2. The maximum atomic E-state index is 12.5. The van der Waals surface area contributed by atoms with Gasteiger partial charge >= 0.3 is 0 Å². The third-order valence-corrected chi connectivity index (χ3v) is 6.11. The molecule has 2 aromatic carbocycles. The van der Waals surface area contributed by atoms with Crippen molar-refractivity contribution in [3.8, 4) is 5.75 Å². The molecule has 0 saturated heterocycles. The van der Waals surface area contributed by atoms with Crippen LogP contribution in [0.5, 0.6) is 5.75 Å². The first kappa shape index (κ1) is 24.3. The van der Waals surface area contributed by atoms with Gasteiger partial charge in [0.2, 0.25) is 13.8 Å². The second kappa shape index (κ2) is 9.92. The molecular formula is C17H15Cl5N2O4S. The van der Waals surface area contributed by atoms with Crippen LogP contribution in [-0.2, 0) is 14.8 Å². The summed E-state index contributed by atoms with van der Waals surface area (Å²) in [6.07, 6.45) is -1.56. The Morgan fingerprint density at radius 2 is 1.72 bits per heavy atom. The van der Waals surface area contributed by atoms with Gasteiger partial charge in [-0.15, -0.1) is 0 Å². The summed E-state index contributed by atoms with van der Waals surface area (Å²) in [6.45, 7) is 1.30. The number of hydrogen-bond donors (Lipinski definition) is 2. The van der Waals surface area contributed by atoms with Gasteiger partial charge in [-0.05, 0) is 37.3 Å². The van der Waals surface area contributed by atoms with Crippen LogP contribution in [0.25, 0.3) is 0 Å². The zero-order valence-electron chi connectivity index (χ0n) is 14.8. The van der Waals surface area contributed by atoms with Gasteiger partial charge in [-0.25, -0.2) is 8.42 Å². The highest BCUT2D eigenvalue weighted by Gasteiger charge is 2.37. The van der Waals surface area contributed by atoms with Gasteiger partial charge in [-0.3, -0.25) is 4.79 Å². The predicted molar refractivity (Wildman–Crippen MR) is 116 cm³/mol. The molecule has 0 heterocycles. The average molecular weight is 521 g/mol. The van der Waals surface area contributed by atoms with E-state index >= 15 is 0 Å². The summed E-state index contributed by atoms with van der Waals surface area (Å²) in [6, 6.07) is 10.4. The van der Waals surface area contributed by atoms with Crippen molar-refractivity contribution in [2.24, 2.45) is 0 Å². The monoisotopic (exact) mass is 518 g/mol. The van der Waals surface area contributed by atoms with E-state index < -0.39 is 32.5 Å². The van der Waals surface area contributed by atoms with Gasteiger partial charge < -0.3 is 10.1 Å². The van der Waals surface area contributed by atoms with Crippen LogP contribution in [0.2, 0.25) is 10.0 Å². The molecule has 0 fully saturated rings. The smallest absolute Gasteiger partial charge is 0.259 e. The average Bonchev–Trinajstić information content (AvgIpc) is 2.60. The molecule has 0 spiro atoms. The van der Waals surface area contributed by atoms with Crippen LogP contribution in [0.3, 0.4) is 0 Å². The number of halogens is 5. The Morgan fingerprint density at radius 1 is 1.10 bits per heavy atom. The number of sulfonamides is 1. The Bertz CT molecular complexity index is 978. The minimum absolute atomic E-state index is 0.0548. The van der Waals surface area contributed by atoms with Gasteiger partial charge in [-0.1, -0.05) is 75.7 Å². The van der Waals surface area contributed by atoms with Crippen molar-refractivity contribution in [2.75, 3.05) is 6.61 Å². The fourth-order valence-corrected chi connectivity index (χ4v) is 4.22. The van der Waals surface area contributed by atoms with Crippen LogP contribution >= 0.6 is 58.0 Å². The highest BCUT2D eigenvalue weighted by molar-refractivity contribution is 7.89. The number of hydrogen-bond acceptors (Lipinski definition) is 4.